The highest BCUT2D eigenvalue weighted by molar-refractivity contribution is 5.82. The highest BCUT2D eigenvalue weighted by Gasteiger charge is 2.41. The van der Waals surface area contributed by atoms with Gasteiger partial charge in [0.15, 0.2) is 0 Å². The summed E-state index contributed by atoms with van der Waals surface area (Å²) < 4.78 is 42.0. The van der Waals surface area contributed by atoms with E-state index >= 15 is 0 Å². The zero-order valence-electron chi connectivity index (χ0n) is 37.7. The Morgan fingerprint density at radius 2 is 0.730 bits per heavy atom. The van der Waals surface area contributed by atoms with E-state index in [-0.39, 0.29) is 70.5 Å². The van der Waals surface area contributed by atoms with Gasteiger partial charge in [-0.1, -0.05) is 40.2 Å². The Bertz CT molecular complexity index is 1260. The first kappa shape index (κ1) is 55.7. The highest BCUT2D eigenvalue weighted by Crippen LogP contribution is 2.49. The van der Waals surface area contributed by atoms with Gasteiger partial charge in [-0.3, -0.25) is 0 Å². The Kier molecular flexibility index (Phi) is 27.7. The average molecular weight is 897 g/mol. The molecule has 3 rings (SSSR count). The van der Waals surface area contributed by atoms with Crippen molar-refractivity contribution < 1.29 is 77.5 Å². The van der Waals surface area contributed by atoms with E-state index in [1.165, 1.54) is 0 Å². The molecule has 0 aromatic rings. The van der Waals surface area contributed by atoms with Gasteiger partial charge >= 0.3 is 23.9 Å². The summed E-state index contributed by atoms with van der Waals surface area (Å²) in [5.74, 6) is -0.0942. The molecule has 0 aromatic heterocycles. The van der Waals surface area contributed by atoms with Gasteiger partial charge < -0.3 is 58.3 Å². The van der Waals surface area contributed by atoms with Crippen molar-refractivity contribution in [1.82, 2.24) is 0 Å². The summed E-state index contributed by atoms with van der Waals surface area (Å²) in [5.41, 5.74) is 0.229. The van der Waals surface area contributed by atoms with E-state index < -0.39 is 48.3 Å². The lowest BCUT2D eigenvalue weighted by Crippen LogP contribution is -2.39. The Labute approximate surface area is 373 Å². The normalized spacial score (nSPS) is 24.4. The number of aliphatic hydroxyl groups is 4. The maximum atomic E-state index is 11.1. The molecule has 4 atom stereocenters. The Hall–Kier alpha value is -3.48. The van der Waals surface area contributed by atoms with Crippen LogP contribution in [0.2, 0.25) is 0 Å². The molecule has 0 radical (unpaired) electrons. The standard InChI is InChI=1S/C27H44O8.C20H32O8/c1-5-25(30)34-17-21(28)15-32-23-11-7-19(8-12-23)27(3,4)20-9-13-24(14-10-20)33-16-22(29)18-35-26(31)6-2;1-3-19(23)27-13-17(21)11-25-9-15-5-7-16(8-6-15)10-26-12-18(22)14-28-20(24)4-2/h5-6,19-24,28-29H,1-2,7-18H2,3-4H3;3-4,15-18,21-22H,1-2,5-14H2. The molecule has 16 nitrogen and oxygen atoms in total. The van der Waals surface area contributed by atoms with Crippen LogP contribution in [0.25, 0.3) is 0 Å². The molecule has 3 aliphatic rings. The van der Waals surface area contributed by atoms with E-state index in [0.29, 0.717) is 36.9 Å². The molecule has 360 valence electrons. The largest absolute Gasteiger partial charge is 0.460 e. The first-order valence-corrected chi connectivity index (χ1v) is 22.4. The third-order valence-electron chi connectivity index (χ3n) is 12.1. The quantitative estimate of drug-likeness (QED) is 0.0487. The second-order valence-corrected chi connectivity index (χ2v) is 17.3. The SMILES string of the molecule is C=CC(=O)OCC(O)COC1CCC(C(C)(C)C2CCC(OCC(O)COC(=O)C=C)CC2)CC1.C=CC(=O)OCC(O)COCC1CCC(COCC(O)COC(=O)C=C)CC1. The van der Waals surface area contributed by atoms with E-state index in [1.54, 1.807) is 0 Å². The van der Waals surface area contributed by atoms with Crippen molar-refractivity contribution >= 4 is 23.9 Å². The minimum Gasteiger partial charge on any atom is -0.460 e. The van der Waals surface area contributed by atoms with Crippen LogP contribution in [0.3, 0.4) is 0 Å². The van der Waals surface area contributed by atoms with E-state index in [2.05, 4.69) is 40.2 Å². The van der Waals surface area contributed by atoms with Crippen LogP contribution in [0, 0.1) is 29.1 Å². The van der Waals surface area contributed by atoms with E-state index in [4.69, 9.17) is 37.9 Å². The van der Waals surface area contributed by atoms with Crippen LogP contribution in [0.15, 0.2) is 50.6 Å². The molecule has 3 saturated carbocycles. The molecular formula is C47H76O16. The summed E-state index contributed by atoms with van der Waals surface area (Å²) in [4.78, 5) is 44.0. The molecule has 4 N–H and O–H groups in total. The third kappa shape index (κ3) is 23.9. The van der Waals surface area contributed by atoms with Crippen LogP contribution in [-0.2, 0) is 57.1 Å². The van der Waals surface area contributed by atoms with Crippen molar-refractivity contribution in [1.29, 1.82) is 0 Å². The minimum atomic E-state index is -0.842. The van der Waals surface area contributed by atoms with Crippen molar-refractivity contribution in [2.45, 2.75) is 128 Å². The highest BCUT2D eigenvalue weighted by atomic mass is 16.6. The van der Waals surface area contributed by atoms with Crippen LogP contribution in [-0.4, -0.2) is 147 Å². The van der Waals surface area contributed by atoms with Gasteiger partial charge in [0.2, 0.25) is 0 Å². The fourth-order valence-corrected chi connectivity index (χ4v) is 8.22. The van der Waals surface area contributed by atoms with Crippen molar-refractivity contribution in [3.8, 4) is 0 Å². The molecule has 0 aliphatic heterocycles. The maximum absolute atomic E-state index is 11.1. The van der Waals surface area contributed by atoms with Crippen molar-refractivity contribution in [3.63, 3.8) is 0 Å². The Morgan fingerprint density at radius 1 is 0.460 bits per heavy atom. The molecule has 3 fully saturated rings. The number of aliphatic hydroxyl groups excluding tert-OH is 4. The van der Waals surface area contributed by atoms with Gasteiger partial charge in [-0.2, -0.15) is 0 Å². The zero-order valence-corrected chi connectivity index (χ0v) is 37.7. The molecule has 0 amide bonds. The lowest BCUT2D eigenvalue weighted by atomic mass is 9.60. The smallest absolute Gasteiger partial charge is 0.330 e. The van der Waals surface area contributed by atoms with E-state index in [0.717, 1.165) is 101 Å². The monoisotopic (exact) mass is 897 g/mol. The van der Waals surface area contributed by atoms with Gasteiger partial charge in [-0.25, -0.2) is 19.2 Å². The van der Waals surface area contributed by atoms with Crippen molar-refractivity contribution in [2.75, 3.05) is 66.1 Å². The van der Waals surface area contributed by atoms with Gasteiger partial charge in [-0.15, -0.1) is 0 Å². The van der Waals surface area contributed by atoms with Crippen LogP contribution in [0.5, 0.6) is 0 Å². The van der Waals surface area contributed by atoms with E-state index in [9.17, 15) is 39.6 Å². The van der Waals surface area contributed by atoms with Gasteiger partial charge in [0, 0.05) is 37.5 Å². The average Bonchev–Trinajstić information content (AvgIpc) is 3.30. The van der Waals surface area contributed by atoms with Crippen molar-refractivity contribution in [2.24, 2.45) is 29.1 Å². The third-order valence-corrected chi connectivity index (χ3v) is 12.1. The maximum Gasteiger partial charge on any atom is 0.330 e. The number of carbonyl (C=O) groups excluding carboxylic acids is 4. The predicted octanol–water partition coefficient (Wildman–Crippen LogP) is 4.35. The molecule has 63 heavy (non-hydrogen) atoms. The first-order valence-electron chi connectivity index (χ1n) is 22.4. The second-order valence-electron chi connectivity index (χ2n) is 17.3. The second kappa shape index (κ2) is 31.4. The predicted molar refractivity (Wildman–Crippen MR) is 233 cm³/mol. The lowest BCUT2D eigenvalue weighted by Gasteiger charge is -2.46. The number of hydrogen-bond donors (Lipinski definition) is 4. The van der Waals surface area contributed by atoms with Gasteiger partial charge in [0.05, 0.1) is 38.6 Å². The lowest BCUT2D eigenvalue weighted by molar-refractivity contribution is -0.143. The number of hydrogen-bond acceptors (Lipinski definition) is 16. The van der Waals surface area contributed by atoms with Crippen molar-refractivity contribution in [3.05, 3.63) is 50.6 Å². The zero-order chi connectivity index (χ0) is 46.6. The van der Waals surface area contributed by atoms with Gasteiger partial charge in [0.1, 0.15) is 50.8 Å². The van der Waals surface area contributed by atoms with Crippen LogP contribution >= 0.6 is 0 Å². The summed E-state index contributed by atoms with van der Waals surface area (Å²) in [6.45, 7) is 19.3. The molecule has 0 aromatic carbocycles. The number of rotatable bonds is 28. The Morgan fingerprint density at radius 3 is 1.00 bits per heavy atom. The summed E-state index contributed by atoms with van der Waals surface area (Å²) in [6.07, 6.45) is 13.5. The van der Waals surface area contributed by atoms with E-state index in [1.807, 2.05) is 0 Å². The number of esters is 4. The summed E-state index contributed by atoms with van der Waals surface area (Å²) >= 11 is 0. The molecule has 3 aliphatic carbocycles. The number of carbonyl (C=O) groups is 4. The molecule has 0 heterocycles. The van der Waals surface area contributed by atoms with Crippen LogP contribution in [0.1, 0.15) is 90.9 Å². The van der Waals surface area contributed by atoms with Gasteiger partial charge in [0.25, 0.3) is 0 Å². The van der Waals surface area contributed by atoms with Crippen LogP contribution < -0.4 is 0 Å². The molecule has 0 spiro atoms. The summed E-state index contributed by atoms with van der Waals surface area (Å²) in [7, 11) is 0. The Balaban J connectivity index is 0.000000445. The fourth-order valence-electron chi connectivity index (χ4n) is 8.22. The topological polar surface area (TPSA) is 223 Å². The van der Waals surface area contributed by atoms with Crippen LogP contribution in [0.4, 0.5) is 0 Å². The summed E-state index contributed by atoms with van der Waals surface area (Å²) in [5, 5.41) is 39.2. The molecule has 16 heteroatoms. The summed E-state index contributed by atoms with van der Waals surface area (Å²) in [6, 6.07) is 0. The molecule has 0 bridgehead atoms. The minimum absolute atomic E-state index is 0.0820. The number of ether oxygens (including phenoxy) is 8. The first-order chi connectivity index (χ1) is 30.1. The molecular weight excluding hydrogens is 821 g/mol. The fraction of sp³-hybridized carbons (Fsp3) is 0.745. The van der Waals surface area contributed by atoms with Gasteiger partial charge in [-0.05, 0) is 106 Å². The molecule has 4 unspecified atom stereocenters. The molecule has 0 saturated heterocycles.